The van der Waals surface area contributed by atoms with Gasteiger partial charge in [0.2, 0.25) is 0 Å². The van der Waals surface area contributed by atoms with Gasteiger partial charge in [-0.1, -0.05) is 42.5 Å². The van der Waals surface area contributed by atoms with Crippen molar-refractivity contribution in [3.63, 3.8) is 0 Å². The molecule has 0 amide bonds. The second-order valence-electron chi connectivity index (χ2n) is 5.85. The fourth-order valence-electron chi connectivity index (χ4n) is 3.30. The van der Waals surface area contributed by atoms with Crippen LogP contribution in [-0.2, 0) is 0 Å². The second kappa shape index (κ2) is 5.85. The summed E-state index contributed by atoms with van der Waals surface area (Å²) < 4.78 is 39.8. The van der Waals surface area contributed by atoms with Gasteiger partial charge in [-0.25, -0.2) is 0 Å². The van der Waals surface area contributed by atoms with E-state index in [0.29, 0.717) is 11.1 Å². The molecule has 2 aromatic carbocycles. The molecular weight excluding hydrogens is 322 g/mol. The minimum absolute atomic E-state index is 0.0227. The number of nitrogens with zero attached hydrogens (tertiary/aromatic N) is 1. The average Bonchev–Trinajstić information content (AvgIpc) is 2.94. The van der Waals surface area contributed by atoms with Crippen LogP contribution in [0.3, 0.4) is 0 Å². The van der Waals surface area contributed by atoms with Crippen LogP contribution in [0.15, 0.2) is 83.3 Å². The fraction of sp³-hybridized carbons (Fsp3) is 0. The average molecular weight is 335 g/mol. The predicted molar refractivity (Wildman–Crippen MR) is 96.8 cm³/mol. The van der Waals surface area contributed by atoms with Crippen LogP contribution in [0.4, 0.5) is 12.9 Å². The van der Waals surface area contributed by atoms with Crippen molar-refractivity contribution >= 4 is 24.0 Å². The molecular formula is C20H13BF3N. The smallest absolute Gasteiger partial charge is 0.427 e. The van der Waals surface area contributed by atoms with E-state index in [1.807, 2.05) is 48.9 Å². The van der Waals surface area contributed by atoms with Crippen molar-refractivity contribution in [1.82, 2.24) is 0 Å². The van der Waals surface area contributed by atoms with E-state index < -0.39 is 7.11 Å². The maximum atomic E-state index is 13.3. The molecule has 5 heteroatoms. The maximum Gasteiger partial charge on any atom is 0.614 e. The molecule has 2 aliphatic rings. The Morgan fingerprint density at radius 2 is 1.56 bits per heavy atom. The standard InChI is InChI=1S/C20H13BF3N/c22-21(23,24)25-20(14-8-2-1-3-9-14)19-17-12-6-4-10-15(17)16-11-5-7-13-18(16)19/h1-13H/b25-20+. The fourth-order valence-corrected chi connectivity index (χ4v) is 3.30. The molecule has 1 nitrogen and oxygen atoms in total. The third kappa shape index (κ3) is 2.82. The number of rotatable bonds is 3. The first-order chi connectivity index (χ1) is 12.0. The number of hydrogen-bond acceptors (Lipinski definition) is 1. The number of halogens is 3. The monoisotopic (exact) mass is 335 g/mol. The van der Waals surface area contributed by atoms with Crippen molar-refractivity contribution in [2.45, 2.75) is 0 Å². The summed E-state index contributed by atoms with van der Waals surface area (Å²) in [6.07, 6.45) is 7.52. The Bertz CT molecular complexity index is 950. The summed E-state index contributed by atoms with van der Waals surface area (Å²) in [5.41, 5.74) is 4.42. The van der Waals surface area contributed by atoms with E-state index in [9.17, 15) is 12.9 Å². The van der Waals surface area contributed by atoms with Crippen molar-refractivity contribution in [2.75, 3.05) is 0 Å². The van der Waals surface area contributed by atoms with E-state index in [0.717, 1.165) is 22.3 Å². The van der Waals surface area contributed by atoms with Crippen LogP contribution >= 0.6 is 0 Å². The van der Waals surface area contributed by atoms with Crippen molar-refractivity contribution in [2.24, 2.45) is 4.90 Å². The lowest BCUT2D eigenvalue weighted by Crippen LogP contribution is -2.18. The Labute approximate surface area is 144 Å². The summed E-state index contributed by atoms with van der Waals surface area (Å²) in [5, 5.41) is 0. The molecule has 0 unspecified atom stereocenters. The Kier molecular flexibility index (Phi) is 3.64. The lowest BCUT2D eigenvalue weighted by Gasteiger charge is -2.15. The summed E-state index contributed by atoms with van der Waals surface area (Å²) >= 11 is 0. The molecule has 122 valence electrons. The zero-order valence-electron chi connectivity index (χ0n) is 13.2. The minimum Gasteiger partial charge on any atom is -0.427 e. The highest BCUT2D eigenvalue weighted by Gasteiger charge is 2.37. The number of benzene rings is 2. The third-order valence-corrected chi connectivity index (χ3v) is 4.24. The van der Waals surface area contributed by atoms with Gasteiger partial charge in [0.15, 0.2) is 0 Å². The number of allylic oxidation sites excluding steroid dienone is 6. The molecule has 2 aromatic rings. The summed E-state index contributed by atoms with van der Waals surface area (Å²) in [4.78, 5) is 3.20. The molecule has 0 atom stereocenters. The molecule has 0 radical (unpaired) electrons. The van der Waals surface area contributed by atoms with Gasteiger partial charge in [-0.3, -0.25) is 0 Å². The van der Waals surface area contributed by atoms with Gasteiger partial charge in [-0.05, 0) is 12.1 Å². The third-order valence-electron chi connectivity index (χ3n) is 4.24. The summed E-state index contributed by atoms with van der Waals surface area (Å²) in [7, 11) is -5.32. The molecule has 25 heavy (non-hydrogen) atoms. The Morgan fingerprint density at radius 3 is 2.28 bits per heavy atom. The topological polar surface area (TPSA) is 12.4 Å². The van der Waals surface area contributed by atoms with Crippen molar-refractivity contribution in [3.8, 4) is 0 Å². The molecule has 0 aliphatic heterocycles. The molecule has 0 fully saturated rings. The van der Waals surface area contributed by atoms with Crippen LogP contribution < -0.4 is 0 Å². The van der Waals surface area contributed by atoms with Crippen molar-refractivity contribution < 1.29 is 12.9 Å². The maximum absolute atomic E-state index is 13.3. The summed E-state index contributed by atoms with van der Waals surface area (Å²) in [5.74, 6) is 0. The molecule has 0 bridgehead atoms. The second-order valence-corrected chi connectivity index (χ2v) is 5.85. The van der Waals surface area contributed by atoms with Crippen LogP contribution in [0.2, 0.25) is 0 Å². The van der Waals surface area contributed by atoms with Crippen LogP contribution in [0.25, 0.3) is 11.1 Å². The lowest BCUT2D eigenvalue weighted by atomic mass is 9.91. The van der Waals surface area contributed by atoms with E-state index in [4.69, 9.17) is 0 Å². The molecule has 0 aromatic heterocycles. The number of fused-ring (bicyclic) bond motifs is 3. The van der Waals surface area contributed by atoms with Gasteiger partial charge in [0.05, 0.1) is 16.9 Å². The normalized spacial score (nSPS) is 16.3. The van der Waals surface area contributed by atoms with E-state index in [1.165, 1.54) is 0 Å². The molecule has 0 spiro atoms. The van der Waals surface area contributed by atoms with E-state index in [2.05, 4.69) is 4.90 Å². The first-order valence-corrected chi connectivity index (χ1v) is 7.95. The van der Waals surface area contributed by atoms with Crippen LogP contribution in [0.5, 0.6) is 0 Å². The molecule has 0 N–H and O–H groups in total. The van der Waals surface area contributed by atoms with Crippen molar-refractivity contribution in [3.05, 3.63) is 102 Å². The SMILES string of the molecule is F[B-](F)(F)/N=C(/C1=C2[CH+]C=CC=C2c2ccccc21)c1ccccc1. The van der Waals surface area contributed by atoms with Gasteiger partial charge in [-0.15, -0.1) is 0 Å². The highest BCUT2D eigenvalue weighted by Crippen LogP contribution is 2.45. The van der Waals surface area contributed by atoms with Crippen LogP contribution in [0, 0.1) is 6.42 Å². The number of hydrogen-bond donors (Lipinski definition) is 0. The van der Waals surface area contributed by atoms with Crippen molar-refractivity contribution in [1.29, 1.82) is 0 Å². The van der Waals surface area contributed by atoms with E-state index in [1.54, 1.807) is 30.3 Å². The molecule has 4 rings (SSSR count). The quantitative estimate of drug-likeness (QED) is 0.402. The van der Waals surface area contributed by atoms with Gasteiger partial charge >= 0.3 is 7.11 Å². The molecule has 2 aliphatic carbocycles. The zero-order chi connectivity index (χ0) is 17.4. The predicted octanol–water partition coefficient (Wildman–Crippen LogP) is 5.44. The molecule has 0 heterocycles. The first kappa shape index (κ1) is 15.6. The van der Waals surface area contributed by atoms with Gasteiger partial charge in [-0.2, -0.15) is 0 Å². The minimum atomic E-state index is -5.32. The van der Waals surface area contributed by atoms with E-state index in [-0.39, 0.29) is 5.71 Å². The van der Waals surface area contributed by atoms with E-state index >= 15 is 0 Å². The largest absolute Gasteiger partial charge is 0.614 e. The lowest BCUT2D eigenvalue weighted by molar-refractivity contribution is 0.476. The van der Waals surface area contributed by atoms with Gasteiger partial charge in [0, 0.05) is 41.3 Å². The zero-order valence-corrected chi connectivity index (χ0v) is 13.2. The highest BCUT2D eigenvalue weighted by molar-refractivity contribution is 6.60. The Balaban J connectivity index is 2.01. The van der Waals surface area contributed by atoms with Crippen LogP contribution in [-0.4, -0.2) is 12.8 Å². The van der Waals surface area contributed by atoms with Gasteiger partial charge in [0.25, 0.3) is 0 Å². The van der Waals surface area contributed by atoms with Gasteiger partial charge < -0.3 is 17.9 Å². The van der Waals surface area contributed by atoms with Crippen LogP contribution in [0.1, 0.15) is 16.7 Å². The summed E-state index contributed by atoms with van der Waals surface area (Å²) in [6.45, 7) is 0. The molecule has 0 saturated heterocycles. The Morgan fingerprint density at radius 1 is 0.880 bits per heavy atom. The van der Waals surface area contributed by atoms with Gasteiger partial charge in [0.1, 0.15) is 5.57 Å². The highest BCUT2D eigenvalue weighted by atomic mass is 19.4. The first-order valence-electron chi connectivity index (χ1n) is 7.95. The molecule has 0 saturated carbocycles. The Hall–Kier alpha value is -2.95. The summed E-state index contributed by atoms with van der Waals surface area (Å²) in [6, 6.07) is 16.1.